The first kappa shape index (κ1) is 13.9. The number of aliphatic hydroxyl groups excluding tert-OH is 1. The largest absolute Gasteiger partial charge is 0.396 e. The van der Waals surface area contributed by atoms with Crippen LogP contribution in [0.25, 0.3) is 0 Å². The molecule has 15 heavy (non-hydrogen) atoms. The fraction of sp³-hybridized carbons (Fsp3) is 0.800. The average molecular weight is 216 g/mol. The van der Waals surface area contributed by atoms with Gasteiger partial charge in [-0.25, -0.2) is 0 Å². The predicted molar refractivity (Wildman–Crippen MR) is 57.3 cm³/mol. The van der Waals surface area contributed by atoms with Crippen LogP contribution in [0.15, 0.2) is 0 Å². The Labute approximate surface area is 90.5 Å². The van der Waals surface area contributed by atoms with E-state index in [-0.39, 0.29) is 18.4 Å². The van der Waals surface area contributed by atoms with Crippen molar-refractivity contribution >= 4 is 11.8 Å². The number of aliphatic hydroxyl groups is 1. The summed E-state index contributed by atoms with van der Waals surface area (Å²) >= 11 is 0. The number of hydrogen-bond acceptors (Lipinski definition) is 3. The van der Waals surface area contributed by atoms with Crippen molar-refractivity contribution in [3.8, 4) is 0 Å². The van der Waals surface area contributed by atoms with Crippen LogP contribution in [0.4, 0.5) is 0 Å². The molecule has 2 amide bonds. The molecule has 0 unspecified atom stereocenters. The maximum Gasteiger partial charge on any atom is 0.224 e. The fourth-order valence-electron chi connectivity index (χ4n) is 1.22. The van der Waals surface area contributed by atoms with Crippen molar-refractivity contribution in [1.82, 2.24) is 10.2 Å². The highest BCUT2D eigenvalue weighted by Crippen LogP contribution is 1.95. The number of hydrogen-bond donors (Lipinski definition) is 2. The van der Waals surface area contributed by atoms with Crippen molar-refractivity contribution in [2.45, 2.75) is 26.7 Å². The van der Waals surface area contributed by atoms with Gasteiger partial charge in [0.15, 0.2) is 0 Å². The zero-order valence-electron chi connectivity index (χ0n) is 9.45. The second-order valence-corrected chi connectivity index (χ2v) is 3.28. The van der Waals surface area contributed by atoms with Crippen LogP contribution in [0.3, 0.4) is 0 Å². The van der Waals surface area contributed by atoms with Crippen LogP contribution in [0.1, 0.15) is 26.7 Å². The molecule has 0 fully saturated rings. The zero-order chi connectivity index (χ0) is 11.7. The van der Waals surface area contributed by atoms with E-state index in [0.29, 0.717) is 32.5 Å². The summed E-state index contributed by atoms with van der Waals surface area (Å²) in [6.07, 6.45) is 0.915. The lowest BCUT2D eigenvalue weighted by molar-refractivity contribution is -0.131. The molecular weight excluding hydrogens is 196 g/mol. The molecule has 0 spiro atoms. The van der Waals surface area contributed by atoms with Gasteiger partial charge in [-0.1, -0.05) is 0 Å². The van der Waals surface area contributed by atoms with E-state index in [2.05, 4.69) is 5.32 Å². The highest BCUT2D eigenvalue weighted by molar-refractivity contribution is 5.78. The minimum absolute atomic E-state index is 0.0136. The zero-order valence-corrected chi connectivity index (χ0v) is 9.45. The van der Waals surface area contributed by atoms with Crippen molar-refractivity contribution in [2.75, 3.05) is 26.2 Å². The Bertz CT molecular complexity index is 207. The Morgan fingerprint density at radius 3 is 2.53 bits per heavy atom. The van der Waals surface area contributed by atoms with Gasteiger partial charge in [0.2, 0.25) is 11.8 Å². The molecule has 0 aliphatic rings. The standard InChI is InChI=1S/C10H20N2O3/c1-3-12(7-4-8-13)10(15)5-6-11-9(2)14/h13H,3-8H2,1-2H3,(H,11,14). The van der Waals surface area contributed by atoms with Crippen molar-refractivity contribution in [2.24, 2.45) is 0 Å². The molecule has 88 valence electrons. The van der Waals surface area contributed by atoms with Gasteiger partial charge in [-0.2, -0.15) is 0 Å². The molecule has 0 saturated heterocycles. The van der Waals surface area contributed by atoms with Crippen LogP contribution in [0.5, 0.6) is 0 Å². The maximum absolute atomic E-state index is 11.6. The molecule has 0 rings (SSSR count). The number of amides is 2. The molecule has 2 N–H and O–H groups in total. The maximum atomic E-state index is 11.6. The topological polar surface area (TPSA) is 69.6 Å². The summed E-state index contributed by atoms with van der Waals surface area (Å²) in [5.41, 5.74) is 0. The lowest BCUT2D eigenvalue weighted by atomic mass is 10.3. The van der Waals surface area contributed by atoms with Crippen LogP contribution < -0.4 is 5.32 Å². The lowest BCUT2D eigenvalue weighted by Gasteiger charge is -2.20. The molecule has 0 heterocycles. The minimum Gasteiger partial charge on any atom is -0.396 e. The van der Waals surface area contributed by atoms with Crippen LogP contribution in [-0.4, -0.2) is 48.1 Å². The number of nitrogens with one attached hydrogen (secondary N) is 1. The molecule has 5 nitrogen and oxygen atoms in total. The molecule has 0 aromatic carbocycles. The van der Waals surface area contributed by atoms with Crippen molar-refractivity contribution < 1.29 is 14.7 Å². The lowest BCUT2D eigenvalue weighted by Crippen LogP contribution is -2.34. The van der Waals surface area contributed by atoms with Crippen molar-refractivity contribution in [3.63, 3.8) is 0 Å². The van der Waals surface area contributed by atoms with E-state index in [1.807, 2.05) is 6.92 Å². The Hall–Kier alpha value is -1.10. The Balaban J connectivity index is 3.77. The first-order valence-electron chi connectivity index (χ1n) is 5.24. The molecule has 0 saturated carbocycles. The first-order chi connectivity index (χ1) is 7.11. The monoisotopic (exact) mass is 216 g/mol. The Morgan fingerprint density at radius 1 is 1.40 bits per heavy atom. The molecule has 0 radical (unpaired) electrons. The van der Waals surface area contributed by atoms with Gasteiger partial charge >= 0.3 is 0 Å². The van der Waals surface area contributed by atoms with E-state index in [4.69, 9.17) is 5.11 Å². The number of carbonyl (C=O) groups is 2. The second-order valence-electron chi connectivity index (χ2n) is 3.28. The third kappa shape index (κ3) is 6.90. The predicted octanol–water partition coefficient (Wildman–Crippen LogP) is -0.257. The molecule has 5 heteroatoms. The molecule has 0 bridgehead atoms. The summed E-state index contributed by atoms with van der Waals surface area (Å²) < 4.78 is 0. The number of carbonyl (C=O) groups excluding carboxylic acids is 2. The van der Waals surface area contributed by atoms with Crippen molar-refractivity contribution in [1.29, 1.82) is 0 Å². The smallest absolute Gasteiger partial charge is 0.224 e. The van der Waals surface area contributed by atoms with Gasteiger partial charge in [0, 0.05) is 39.6 Å². The van der Waals surface area contributed by atoms with Gasteiger partial charge in [0.25, 0.3) is 0 Å². The fourth-order valence-corrected chi connectivity index (χ4v) is 1.22. The summed E-state index contributed by atoms with van der Waals surface area (Å²) in [6, 6.07) is 0. The van der Waals surface area contributed by atoms with Gasteiger partial charge in [-0.05, 0) is 13.3 Å². The number of rotatable bonds is 7. The van der Waals surface area contributed by atoms with Gasteiger partial charge in [0.05, 0.1) is 0 Å². The van der Waals surface area contributed by atoms with E-state index >= 15 is 0 Å². The molecule has 0 aliphatic carbocycles. The average Bonchev–Trinajstić information content (AvgIpc) is 2.18. The van der Waals surface area contributed by atoms with Gasteiger partial charge < -0.3 is 15.3 Å². The molecule has 0 aromatic heterocycles. The summed E-state index contributed by atoms with van der Waals surface area (Å²) in [5, 5.41) is 11.2. The molecular formula is C10H20N2O3. The number of nitrogens with zero attached hydrogens (tertiary/aromatic N) is 1. The minimum atomic E-state index is -0.124. The second kappa shape index (κ2) is 8.23. The van der Waals surface area contributed by atoms with Gasteiger partial charge in [-0.3, -0.25) is 9.59 Å². The van der Waals surface area contributed by atoms with E-state index in [1.54, 1.807) is 4.90 Å². The van der Waals surface area contributed by atoms with Crippen LogP contribution in [0.2, 0.25) is 0 Å². The molecule has 0 atom stereocenters. The van der Waals surface area contributed by atoms with E-state index in [0.717, 1.165) is 0 Å². The van der Waals surface area contributed by atoms with Gasteiger partial charge in [0.1, 0.15) is 0 Å². The first-order valence-corrected chi connectivity index (χ1v) is 5.24. The van der Waals surface area contributed by atoms with Crippen LogP contribution >= 0.6 is 0 Å². The molecule has 0 aliphatic heterocycles. The highest BCUT2D eigenvalue weighted by atomic mass is 16.3. The van der Waals surface area contributed by atoms with Crippen molar-refractivity contribution in [3.05, 3.63) is 0 Å². The SMILES string of the molecule is CCN(CCCO)C(=O)CCNC(C)=O. The van der Waals surface area contributed by atoms with Gasteiger partial charge in [-0.15, -0.1) is 0 Å². The Kier molecular flexibility index (Phi) is 7.62. The van der Waals surface area contributed by atoms with E-state index in [1.165, 1.54) is 6.92 Å². The van der Waals surface area contributed by atoms with Crippen LogP contribution in [0, 0.1) is 0 Å². The highest BCUT2D eigenvalue weighted by Gasteiger charge is 2.10. The third-order valence-corrected chi connectivity index (χ3v) is 2.03. The summed E-state index contributed by atoms with van der Waals surface area (Å²) in [4.78, 5) is 23.8. The quantitative estimate of drug-likeness (QED) is 0.616. The van der Waals surface area contributed by atoms with Crippen LogP contribution in [-0.2, 0) is 9.59 Å². The van der Waals surface area contributed by atoms with E-state index in [9.17, 15) is 9.59 Å². The third-order valence-electron chi connectivity index (χ3n) is 2.03. The normalized spacial score (nSPS) is 9.80. The van der Waals surface area contributed by atoms with E-state index < -0.39 is 0 Å². The molecule has 0 aromatic rings. The summed E-state index contributed by atoms with van der Waals surface area (Å²) in [5.74, 6) is -0.110. The summed E-state index contributed by atoms with van der Waals surface area (Å²) in [6.45, 7) is 5.01. The Morgan fingerprint density at radius 2 is 2.07 bits per heavy atom. The summed E-state index contributed by atoms with van der Waals surface area (Å²) in [7, 11) is 0.